The van der Waals surface area contributed by atoms with Crippen LogP contribution >= 0.6 is 11.8 Å². The van der Waals surface area contributed by atoms with Crippen molar-refractivity contribution in [2.75, 3.05) is 26.0 Å². The van der Waals surface area contributed by atoms with Crippen molar-refractivity contribution < 1.29 is 14.3 Å². The molecular weight excluding hydrogens is 402 g/mol. The highest BCUT2D eigenvalue weighted by molar-refractivity contribution is 8.00. The van der Waals surface area contributed by atoms with Crippen LogP contribution < -0.4 is 14.8 Å². The van der Waals surface area contributed by atoms with Gasteiger partial charge >= 0.3 is 0 Å². The number of amides is 1. The maximum Gasteiger partial charge on any atom is 0.231 e. The van der Waals surface area contributed by atoms with E-state index in [1.54, 1.807) is 35.5 Å². The normalized spacial score (nSPS) is 14.2. The van der Waals surface area contributed by atoms with E-state index in [1.807, 2.05) is 24.3 Å². The van der Waals surface area contributed by atoms with E-state index >= 15 is 0 Å². The van der Waals surface area contributed by atoms with Crippen molar-refractivity contribution in [1.29, 1.82) is 0 Å². The molecule has 158 valence electrons. The molecule has 1 amide bonds. The van der Waals surface area contributed by atoms with E-state index in [2.05, 4.69) is 20.6 Å². The quantitative estimate of drug-likeness (QED) is 0.525. The van der Waals surface area contributed by atoms with Gasteiger partial charge in [-0.3, -0.25) is 4.79 Å². The van der Waals surface area contributed by atoms with Gasteiger partial charge in [-0.15, -0.1) is 27.1 Å². The molecule has 0 bridgehead atoms. The Morgan fingerprint density at radius 2 is 1.97 bits per heavy atom. The Morgan fingerprint density at radius 1 is 1.17 bits per heavy atom. The van der Waals surface area contributed by atoms with Gasteiger partial charge in [0.2, 0.25) is 11.8 Å². The molecule has 4 rings (SSSR count). The summed E-state index contributed by atoms with van der Waals surface area (Å²) in [6, 6.07) is 11.1. The summed E-state index contributed by atoms with van der Waals surface area (Å²) in [4.78, 5) is 12.0. The van der Waals surface area contributed by atoms with Crippen molar-refractivity contribution in [2.24, 2.45) is 0 Å². The fraction of sp³-hybridized carbons (Fsp3) is 0.429. The topological polar surface area (TPSA) is 90.6 Å². The molecule has 1 aliphatic carbocycles. The third kappa shape index (κ3) is 5.02. The van der Waals surface area contributed by atoms with Gasteiger partial charge in [0.25, 0.3) is 0 Å². The van der Waals surface area contributed by atoms with Crippen LogP contribution in [-0.2, 0) is 4.79 Å². The molecule has 1 aliphatic rings. The molecule has 0 radical (unpaired) electrons. The number of thioether (sulfide) groups is 1. The second-order valence-corrected chi connectivity index (χ2v) is 8.40. The van der Waals surface area contributed by atoms with Gasteiger partial charge < -0.3 is 14.8 Å². The van der Waals surface area contributed by atoms with Gasteiger partial charge in [-0.2, -0.15) is 4.52 Å². The lowest BCUT2D eigenvalue weighted by Crippen LogP contribution is -2.30. The highest BCUT2D eigenvalue weighted by atomic mass is 32.2. The number of fused-ring (bicyclic) bond motifs is 1. The van der Waals surface area contributed by atoms with Crippen LogP contribution in [0, 0.1) is 0 Å². The van der Waals surface area contributed by atoms with E-state index < -0.39 is 0 Å². The number of nitrogens with one attached hydrogen (secondary N) is 1. The van der Waals surface area contributed by atoms with Crippen LogP contribution in [-0.4, -0.2) is 57.0 Å². The minimum atomic E-state index is 0.0551. The zero-order valence-electron chi connectivity index (χ0n) is 16.9. The molecule has 0 spiro atoms. The molecule has 30 heavy (non-hydrogen) atoms. The number of nitrogens with zero attached hydrogens (tertiary/aromatic N) is 4. The first-order valence-electron chi connectivity index (χ1n) is 10.1. The van der Waals surface area contributed by atoms with Crippen molar-refractivity contribution in [3.8, 4) is 23.0 Å². The third-order valence-corrected chi connectivity index (χ3v) is 6.38. The Bertz CT molecular complexity index is 986. The average Bonchev–Trinajstić information content (AvgIpc) is 3.45. The number of rotatable bonds is 9. The average molecular weight is 428 g/mol. The number of ether oxygens (including phenoxy) is 2. The van der Waals surface area contributed by atoms with E-state index in [9.17, 15) is 4.79 Å². The lowest BCUT2D eigenvalue weighted by Gasteiger charge is -2.10. The SMILES string of the molecule is COc1ccc(-c2nnc3ccc(OCCNC(=O)CSC4CCCC4)nn23)cc1. The first kappa shape index (κ1) is 20.5. The molecule has 1 saturated carbocycles. The molecule has 0 unspecified atom stereocenters. The van der Waals surface area contributed by atoms with Crippen LogP contribution in [0.3, 0.4) is 0 Å². The Balaban J connectivity index is 1.30. The summed E-state index contributed by atoms with van der Waals surface area (Å²) in [6.07, 6.45) is 5.04. The van der Waals surface area contributed by atoms with Crippen LogP contribution in [0.5, 0.6) is 11.6 Å². The Hall–Kier alpha value is -2.81. The van der Waals surface area contributed by atoms with Crippen molar-refractivity contribution in [3.63, 3.8) is 0 Å². The molecule has 8 nitrogen and oxygen atoms in total. The van der Waals surface area contributed by atoms with Crippen molar-refractivity contribution in [1.82, 2.24) is 25.1 Å². The van der Waals surface area contributed by atoms with Gasteiger partial charge in [-0.05, 0) is 43.2 Å². The van der Waals surface area contributed by atoms with E-state index in [0.29, 0.717) is 41.5 Å². The maximum absolute atomic E-state index is 12.0. The molecule has 9 heteroatoms. The first-order valence-corrected chi connectivity index (χ1v) is 11.2. The van der Waals surface area contributed by atoms with E-state index in [0.717, 1.165) is 11.3 Å². The molecule has 3 aromatic rings. The molecule has 1 aromatic carbocycles. The van der Waals surface area contributed by atoms with Crippen molar-refractivity contribution >= 4 is 23.3 Å². The van der Waals surface area contributed by atoms with E-state index in [-0.39, 0.29) is 5.91 Å². The van der Waals surface area contributed by atoms with E-state index in [4.69, 9.17) is 9.47 Å². The molecule has 2 aromatic heterocycles. The minimum absolute atomic E-state index is 0.0551. The number of carbonyl (C=O) groups excluding carboxylic acids is 1. The molecular formula is C21H25N5O3S. The first-order chi connectivity index (χ1) is 14.7. The second kappa shape index (κ2) is 9.80. The van der Waals surface area contributed by atoms with Gasteiger partial charge in [0.05, 0.1) is 19.4 Å². The standard InChI is InChI=1S/C21H25N5O3S/c1-28-16-8-6-15(7-9-16)21-24-23-18-10-11-20(25-26(18)21)29-13-12-22-19(27)14-30-17-4-2-3-5-17/h6-11,17H,2-5,12-14H2,1H3,(H,22,27). The summed E-state index contributed by atoms with van der Waals surface area (Å²) in [5, 5.41) is 16.4. The van der Waals surface area contributed by atoms with Gasteiger partial charge in [0, 0.05) is 16.9 Å². The van der Waals surface area contributed by atoms with Crippen LogP contribution in [0.2, 0.25) is 0 Å². The molecule has 0 atom stereocenters. The van der Waals surface area contributed by atoms with Gasteiger partial charge in [0.15, 0.2) is 11.5 Å². The predicted octanol–water partition coefficient (Wildman–Crippen LogP) is 2.97. The Labute approximate surface area is 179 Å². The van der Waals surface area contributed by atoms with Gasteiger partial charge in [0.1, 0.15) is 12.4 Å². The zero-order valence-corrected chi connectivity index (χ0v) is 17.7. The number of methoxy groups -OCH3 is 1. The van der Waals surface area contributed by atoms with E-state index in [1.165, 1.54) is 25.7 Å². The number of hydrogen-bond acceptors (Lipinski definition) is 7. The maximum atomic E-state index is 12.0. The third-order valence-electron chi connectivity index (χ3n) is 5.01. The van der Waals surface area contributed by atoms with Crippen molar-refractivity contribution in [2.45, 2.75) is 30.9 Å². The van der Waals surface area contributed by atoms with Crippen molar-refractivity contribution in [3.05, 3.63) is 36.4 Å². The lowest BCUT2D eigenvalue weighted by molar-refractivity contribution is -0.118. The summed E-state index contributed by atoms with van der Waals surface area (Å²) >= 11 is 1.76. The number of aromatic nitrogens is 4. The summed E-state index contributed by atoms with van der Waals surface area (Å²) in [6.45, 7) is 0.787. The smallest absolute Gasteiger partial charge is 0.231 e. The lowest BCUT2D eigenvalue weighted by atomic mass is 10.2. The highest BCUT2D eigenvalue weighted by Crippen LogP contribution is 2.29. The Morgan fingerprint density at radius 3 is 2.73 bits per heavy atom. The van der Waals surface area contributed by atoms with Gasteiger partial charge in [-0.25, -0.2) is 0 Å². The summed E-state index contributed by atoms with van der Waals surface area (Å²) in [5.74, 6) is 2.41. The summed E-state index contributed by atoms with van der Waals surface area (Å²) < 4.78 is 12.6. The molecule has 0 aliphatic heterocycles. The number of hydrogen-bond donors (Lipinski definition) is 1. The molecule has 1 fully saturated rings. The van der Waals surface area contributed by atoms with Crippen LogP contribution in [0.4, 0.5) is 0 Å². The summed E-state index contributed by atoms with van der Waals surface area (Å²) in [5.41, 5.74) is 1.50. The fourth-order valence-corrected chi connectivity index (χ4v) is 4.57. The summed E-state index contributed by atoms with van der Waals surface area (Å²) in [7, 11) is 1.63. The van der Waals surface area contributed by atoms with Crippen LogP contribution in [0.1, 0.15) is 25.7 Å². The minimum Gasteiger partial charge on any atom is -0.497 e. The van der Waals surface area contributed by atoms with Crippen LogP contribution in [0.15, 0.2) is 36.4 Å². The predicted molar refractivity (Wildman–Crippen MR) is 116 cm³/mol. The zero-order chi connectivity index (χ0) is 20.8. The molecule has 0 saturated heterocycles. The molecule has 1 N–H and O–H groups in total. The number of benzene rings is 1. The number of carbonyl (C=O) groups is 1. The second-order valence-electron chi connectivity index (χ2n) is 7.11. The Kier molecular flexibility index (Phi) is 6.68. The van der Waals surface area contributed by atoms with Gasteiger partial charge in [-0.1, -0.05) is 12.8 Å². The fourth-order valence-electron chi connectivity index (χ4n) is 3.41. The largest absolute Gasteiger partial charge is 0.497 e. The molecule has 2 heterocycles. The highest BCUT2D eigenvalue weighted by Gasteiger charge is 2.16. The monoisotopic (exact) mass is 427 g/mol. The van der Waals surface area contributed by atoms with Crippen LogP contribution in [0.25, 0.3) is 17.0 Å².